The minimum absolute atomic E-state index is 0.0166. The highest BCUT2D eigenvalue weighted by atomic mass is 16.2. The van der Waals surface area contributed by atoms with E-state index >= 15 is 0 Å². The van der Waals surface area contributed by atoms with E-state index in [9.17, 15) is 9.59 Å². The van der Waals surface area contributed by atoms with Gasteiger partial charge in [0.05, 0.1) is 0 Å². The van der Waals surface area contributed by atoms with Crippen LogP contribution in [0.2, 0.25) is 0 Å². The van der Waals surface area contributed by atoms with Gasteiger partial charge < -0.3 is 10.2 Å². The monoisotopic (exact) mass is 228 g/mol. The van der Waals surface area contributed by atoms with Crippen LogP contribution >= 0.6 is 0 Å². The van der Waals surface area contributed by atoms with Gasteiger partial charge in [-0.15, -0.1) is 0 Å². The highest BCUT2D eigenvalue weighted by Gasteiger charge is 2.31. The molecule has 2 amide bonds. The summed E-state index contributed by atoms with van der Waals surface area (Å²) in [6.45, 7) is 7.39. The zero-order chi connectivity index (χ0) is 12.9. The summed E-state index contributed by atoms with van der Waals surface area (Å²) in [5.74, 6) is 0.0578. The van der Waals surface area contributed by atoms with Gasteiger partial charge in [0.25, 0.3) is 0 Å². The fraction of sp³-hybridized carbons (Fsp3) is 0.833. The molecular formula is C12H24N2O2. The van der Waals surface area contributed by atoms with Crippen LogP contribution < -0.4 is 5.32 Å². The van der Waals surface area contributed by atoms with Crippen molar-refractivity contribution in [2.24, 2.45) is 5.41 Å². The maximum Gasteiger partial charge on any atom is 0.225 e. The maximum absolute atomic E-state index is 11.7. The van der Waals surface area contributed by atoms with Gasteiger partial charge in [-0.25, -0.2) is 0 Å². The molecule has 0 saturated carbocycles. The number of hydrogen-bond acceptors (Lipinski definition) is 2. The molecule has 0 aliphatic heterocycles. The van der Waals surface area contributed by atoms with E-state index in [1.54, 1.807) is 25.9 Å². The Hall–Kier alpha value is -1.06. The van der Waals surface area contributed by atoms with Crippen LogP contribution in [0.5, 0.6) is 0 Å². The molecule has 0 aromatic carbocycles. The summed E-state index contributed by atoms with van der Waals surface area (Å²) in [6.07, 6.45) is 1.54. The summed E-state index contributed by atoms with van der Waals surface area (Å²) in [5, 5.41) is 2.66. The van der Waals surface area contributed by atoms with Crippen LogP contribution in [0, 0.1) is 5.41 Å². The van der Waals surface area contributed by atoms with Crippen molar-refractivity contribution in [2.45, 2.75) is 46.6 Å². The number of carbonyl (C=O) groups is 2. The normalized spacial score (nSPS) is 13.1. The summed E-state index contributed by atoms with van der Waals surface area (Å²) < 4.78 is 0. The zero-order valence-corrected chi connectivity index (χ0v) is 11.3. The summed E-state index contributed by atoms with van der Waals surface area (Å²) in [7, 11) is 3.43. The van der Waals surface area contributed by atoms with Gasteiger partial charge >= 0.3 is 0 Å². The smallest absolute Gasteiger partial charge is 0.225 e. The first-order valence-electron chi connectivity index (χ1n) is 5.71. The van der Waals surface area contributed by atoms with E-state index in [4.69, 9.17) is 0 Å². The van der Waals surface area contributed by atoms with Crippen molar-refractivity contribution < 1.29 is 9.59 Å². The van der Waals surface area contributed by atoms with Crippen molar-refractivity contribution in [3.63, 3.8) is 0 Å². The molecule has 0 heterocycles. The number of hydrogen-bond donors (Lipinski definition) is 1. The second-order valence-electron chi connectivity index (χ2n) is 4.86. The number of nitrogens with one attached hydrogen (secondary N) is 1. The number of carbonyl (C=O) groups excluding carboxylic acids is 2. The maximum atomic E-state index is 11.7. The zero-order valence-electron chi connectivity index (χ0n) is 11.3. The van der Waals surface area contributed by atoms with Crippen LogP contribution in [-0.2, 0) is 9.59 Å². The van der Waals surface area contributed by atoms with Gasteiger partial charge in [-0.2, -0.15) is 0 Å². The van der Waals surface area contributed by atoms with Gasteiger partial charge in [0.15, 0.2) is 0 Å². The molecule has 1 N–H and O–H groups in total. The molecule has 0 saturated heterocycles. The largest absolute Gasteiger partial charge is 0.359 e. The molecule has 16 heavy (non-hydrogen) atoms. The molecule has 1 atom stereocenters. The minimum atomic E-state index is -0.445. The summed E-state index contributed by atoms with van der Waals surface area (Å²) in [5.41, 5.74) is -0.445. The Bertz CT molecular complexity index is 262. The molecule has 4 nitrogen and oxygen atoms in total. The predicted octanol–water partition coefficient (Wildman–Crippen LogP) is 1.41. The van der Waals surface area contributed by atoms with E-state index in [0.29, 0.717) is 6.42 Å². The molecule has 0 rings (SSSR count). The van der Waals surface area contributed by atoms with Gasteiger partial charge in [0, 0.05) is 32.5 Å². The van der Waals surface area contributed by atoms with Crippen molar-refractivity contribution in [2.75, 3.05) is 14.1 Å². The van der Waals surface area contributed by atoms with E-state index in [2.05, 4.69) is 5.32 Å². The van der Waals surface area contributed by atoms with Gasteiger partial charge in [-0.05, 0) is 12.8 Å². The Morgan fingerprint density at radius 1 is 1.38 bits per heavy atom. The van der Waals surface area contributed by atoms with E-state index in [-0.39, 0.29) is 17.9 Å². The summed E-state index contributed by atoms with van der Waals surface area (Å²) in [4.78, 5) is 24.7. The van der Waals surface area contributed by atoms with Crippen molar-refractivity contribution in [3.05, 3.63) is 0 Å². The molecule has 0 bridgehead atoms. The van der Waals surface area contributed by atoms with Gasteiger partial charge in [0.1, 0.15) is 0 Å². The lowest BCUT2D eigenvalue weighted by Gasteiger charge is -2.33. The molecule has 0 radical (unpaired) electrons. The summed E-state index contributed by atoms with van der Waals surface area (Å²) in [6, 6.07) is 0.116. The molecule has 0 aliphatic rings. The average molecular weight is 228 g/mol. The first kappa shape index (κ1) is 14.9. The fourth-order valence-corrected chi connectivity index (χ4v) is 1.83. The second-order valence-corrected chi connectivity index (χ2v) is 4.86. The number of rotatable bonds is 5. The molecular weight excluding hydrogens is 204 g/mol. The molecule has 0 fully saturated rings. The first-order valence-corrected chi connectivity index (χ1v) is 5.71. The molecule has 94 valence electrons. The standard InChI is InChI=1S/C12H24N2O2/c1-7-10(14(6)9(2)15)8-12(3,4)11(16)13-5/h10H,7-8H2,1-6H3,(H,13,16). The van der Waals surface area contributed by atoms with Crippen molar-refractivity contribution >= 4 is 11.8 Å². The number of amides is 2. The summed E-state index contributed by atoms with van der Waals surface area (Å²) >= 11 is 0. The Morgan fingerprint density at radius 3 is 2.19 bits per heavy atom. The lowest BCUT2D eigenvalue weighted by molar-refractivity contribution is -0.134. The third kappa shape index (κ3) is 3.83. The van der Waals surface area contributed by atoms with Gasteiger partial charge in [-0.1, -0.05) is 20.8 Å². The number of nitrogens with zero attached hydrogens (tertiary/aromatic N) is 1. The van der Waals surface area contributed by atoms with Crippen LogP contribution in [0.1, 0.15) is 40.5 Å². The lowest BCUT2D eigenvalue weighted by atomic mass is 9.83. The van der Waals surface area contributed by atoms with Crippen molar-refractivity contribution in [3.8, 4) is 0 Å². The van der Waals surface area contributed by atoms with Gasteiger partial charge in [-0.3, -0.25) is 9.59 Å². The van der Waals surface area contributed by atoms with Crippen LogP contribution in [0.3, 0.4) is 0 Å². The molecule has 1 unspecified atom stereocenters. The highest BCUT2D eigenvalue weighted by molar-refractivity contribution is 5.81. The Morgan fingerprint density at radius 2 is 1.88 bits per heavy atom. The van der Waals surface area contributed by atoms with Crippen LogP contribution in [0.15, 0.2) is 0 Å². The van der Waals surface area contributed by atoms with E-state index in [1.165, 1.54) is 0 Å². The van der Waals surface area contributed by atoms with E-state index < -0.39 is 5.41 Å². The molecule has 0 aliphatic carbocycles. The third-order valence-corrected chi connectivity index (χ3v) is 3.10. The minimum Gasteiger partial charge on any atom is -0.359 e. The van der Waals surface area contributed by atoms with Crippen LogP contribution in [-0.4, -0.2) is 36.9 Å². The molecule has 0 aromatic rings. The Kier molecular flexibility index (Phi) is 5.48. The van der Waals surface area contributed by atoms with Crippen molar-refractivity contribution in [1.29, 1.82) is 0 Å². The fourth-order valence-electron chi connectivity index (χ4n) is 1.83. The average Bonchev–Trinajstić information content (AvgIpc) is 2.23. The molecule has 0 aromatic heterocycles. The highest BCUT2D eigenvalue weighted by Crippen LogP contribution is 2.26. The predicted molar refractivity (Wildman–Crippen MR) is 65.0 cm³/mol. The second kappa shape index (κ2) is 5.87. The van der Waals surface area contributed by atoms with E-state index in [1.807, 2.05) is 20.8 Å². The van der Waals surface area contributed by atoms with Gasteiger partial charge in [0.2, 0.25) is 11.8 Å². The molecule has 4 heteroatoms. The molecule has 0 spiro atoms. The van der Waals surface area contributed by atoms with E-state index in [0.717, 1.165) is 6.42 Å². The first-order chi connectivity index (χ1) is 7.26. The van der Waals surface area contributed by atoms with Crippen LogP contribution in [0.4, 0.5) is 0 Å². The van der Waals surface area contributed by atoms with Crippen molar-refractivity contribution in [1.82, 2.24) is 10.2 Å². The lowest BCUT2D eigenvalue weighted by Crippen LogP contribution is -2.43. The van der Waals surface area contributed by atoms with Crippen LogP contribution in [0.25, 0.3) is 0 Å². The third-order valence-electron chi connectivity index (χ3n) is 3.10. The Balaban J connectivity index is 4.65. The SMILES string of the molecule is CCC(CC(C)(C)C(=O)NC)N(C)C(C)=O. The quantitative estimate of drug-likeness (QED) is 0.773. The Labute approximate surface area is 98.4 Å². The topological polar surface area (TPSA) is 49.4 Å².